The molecular weight excluding hydrogens is 188 g/mol. The van der Waals surface area contributed by atoms with E-state index < -0.39 is 0 Å². The van der Waals surface area contributed by atoms with Gasteiger partial charge < -0.3 is 10.5 Å². The van der Waals surface area contributed by atoms with Crippen LogP contribution in [0.1, 0.15) is 5.56 Å². The summed E-state index contributed by atoms with van der Waals surface area (Å²) in [7, 11) is 0. The van der Waals surface area contributed by atoms with Crippen molar-refractivity contribution in [3.8, 4) is 5.75 Å². The Bertz CT molecular complexity index is 473. The topological polar surface area (TPSA) is 47.6 Å². The van der Waals surface area contributed by atoms with Crippen molar-refractivity contribution in [3.05, 3.63) is 53.6 Å². The Hall–Kier alpha value is -2.05. The zero-order valence-electron chi connectivity index (χ0n) is 8.10. The van der Waals surface area contributed by atoms with Crippen molar-refractivity contribution < 1.29 is 4.74 Å². The largest absolute Gasteiger partial charge is 0.448 e. The molecule has 1 aliphatic rings. The molecule has 3 nitrogen and oxygen atoms in total. The Morgan fingerprint density at radius 3 is 2.67 bits per heavy atom. The highest BCUT2D eigenvalue weighted by atomic mass is 16.5. The van der Waals surface area contributed by atoms with Crippen LogP contribution in [-0.4, -0.2) is 5.87 Å². The van der Waals surface area contributed by atoms with Gasteiger partial charge in [0.05, 0.1) is 0 Å². The number of hydrogen-bond donors (Lipinski definition) is 1. The Labute approximate surface area is 87.9 Å². The summed E-state index contributed by atoms with van der Waals surface area (Å²) in [6, 6.07) is 7.60. The number of ether oxygens (including phenoxy) is 1. The average Bonchev–Trinajstić information content (AvgIpc) is 2.31. The van der Waals surface area contributed by atoms with E-state index in [1.807, 2.05) is 24.3 Å². The molecule has 1 heterocycles. The van der Waals surface area contributed by atoms with E-state index in [-0.39, 0.29) is 0 Å². The van der Waals surface area contributed by atoms with Gasteiger partial charge in [-0.3, -0.25) is 0 Å². The quantitative estimate of drug-likeness (QED) is 0.752. The molecule has 3 heteroatoms. The molecule has 0 aliphatic carbocycles. The molecule has 0 unspecified atom stereocenters. The maximum absolute atomic E-state index is 5.51. The van der Waals surface area contributed by atoms with Crippen LogP contribution in [0.15, 0.2) is 53.0 Å². The minimum atomic E-state index is 0.537. The van der Waals surface area contributed by atoms with Gasteiger partial charge in [-0.1, -0.05) is 12.1 Å². The minimum Gasteiger partial charge on any atom is -0.448 e. The van der Waals surface area contributed by atoms with Gasteiger partial charge in [0.2, 0.25) is 0 Å². The summed E-state index contributed by atoms with van der Waals surface area (Å²) in [6.45, 7) is 0.537. The van der Waals surface area contributed by atoms with Crippen molar-refractivity contribution in [1.29, 1.82) is 0 Å². The molecule has 2 rings (SSSR count). The summed E-state index contributed by atoms with van der Waals surface area (Å²) >= 11 is 0. The van der Waals surface area contributed by atoms with Crippen molar-refractivity contribution in [3.63, 3.8) is 0 Å². The lowest BCUT2D eigenvalue weighted by Gasteiger charge is -2.04. The first-order chi connectivity index (χ1) is 7.38. The molecule has 0 bridgehead atoms. The second-order valence-electron chi connectivity index (χ2n) is 3.00. The third-order valence-electron chi connectivity index (χ3n) is 1.93. The van der Waals surface area contributed by atoms with E-state index in [0.717, 1.165) is 11.3 Å². The van der Waals surface area contributed by atoms with Crippen molar-refractivity contribution in [1.82, 2.24) is 0 Å². The number of rotatable bonds is 3. The highest BCUT2D eigenvalue weighted by Gasteiger charge is 1.97. The van der Waals surface area contributed by atoms with Gasteiger partial charge in [-0.15, -0.1) is 0 Å². The van der Waals surface area contributed by atoms with Crippen molar-refractivity contribution in [2.45, 2.75) is 6.54 Å². The molecule has 1 aromatic rings. The van der Waals surface area contributed by atoms with Gasteiger partial charge in [0, 0.05) is 24.7 Å². The molecule has 15 heavy (non-hydrogen) atoms. The third-order valence-corrected chi connectivity index (χ3v) is 1.93. The third kappa shape index (κ3) is 2.46. The average molecular weight is 198 g/mol. The van der Waals surface area contributed by atoms with Crippen LogP contribution in [0.4, 0.5) is 0 Å². The molecule has 0 amide bonds. The Morgan fingerprint density at radius 2 is 2.07 bits per heavy atom. The van der Waals surface area contributed by atoms with Gasteiger partial charge >= 0.3 is 0 Å². The van der Waals surface area contributed by atoms with Crippen LogP contribution >= 0.6 is 0 Å². The van der Waals surface area contributed by atoms with Crippen LogP contribution in [0, 0.1) is 0 Å². The normalized spacial score (nSPS) is 12.7. The van der Waals surface area contributed by atoms with E-state index >= 15 is 0 Å². The molecule has 0 aromatic heterocycles. The van der Waals surface area contributed by atoms with E-state index in [1.54, 1.807) is 12.3 Å². The molecule has 0 atom stereocenters. The van der Waals surface area contributed by atoms with Gasteiger partial charge in [0.15, 0.2) is 5.76 Å². The van der Waals surface area contributed by atoms with Crippen LogP contribution in [-0.2, 0) is 6.54 Å². The molecule has 2 N–H and O–H groups in total. The van der Waals surface area contributed by atoms with E-state index in [0.29, 0.717) is 12.3 Å². The summed E-state index contributed by atoms with van der Waals surface area (Å²) in [5.74, 6) is 3.94. The predicted octanol–water partition coefficient (Wildman–Crippen LogP) is 1.76. The molecule has 0 spiro atoms. The first-order valence-electron chi connectivity index (χ1n) is 4.60. The van der Waals surface area contributed by atoms with E-state index in [9.17, 15) is 0 Å². The number of hydrogen-bond acceptors (Lipinski definition) is 3. The number of allylic oxidation sites excluding steroid dienone is 1. The smallest absolute Gasteiger partial charge is 0.180 e. The number of aliphatic imine (C=N–C) groups is 1. The zero-order valence-corrected chi connectivity index (χ0v) is 8.10. The van der Waals surface area contributed by atoms with Crippen LogP contribution in [0.2, 0.25) is 0 Å². The van der Waals surface area contributed by atoms with Gasteiger partial charge in [0.25, 0.3) is 0 Å². The molecule has 0 saturated carbocycles. The second kappa shape index (κ2) is 4.45. The minimum absolute atomic E-state index is 0.537. The number of nitrogens with two attached hydrogens (primary N) is 1. The van der Waals surface area contributed by atoms with Crippen LogP contribution in [0.3, 0.4) is 0 Å². The summed E-state index contributed by atoms with van der Waals surface area (Å²) in [4.78, 5) is 3.74. The fraction of sp³-hybridized carbons (Fsp3) is 0.0833. The lowest BCUT2D eigenvalue weighted by Crippen LogP contribution is -1.96. The fourth-order valence-corrected chi connectivity index (χ4v) is 1.15. The Balaban J connectivity index is 2.15. The SMILES string of the molecule is NCc1ccc(OC2=C=C=NC=C2)cc1. The van der Waals surface area contributed by atoms with E-state index in [1.165, 1.54) is 0 Å². The Morgan fingerprint density at radius 1 is 1.27 bits per heavy atom. The van der Waals surface area contributed by atoms with Gasteiger partial charge in [-0.05, 0) is 23.4 Å². The fourth-order valence-electron chi connectivity index (χ4n) is 1.15. The van der Waals surface area contributed by atoms with Gasteiger partial charge in [0.1, 0.15) is 5.75 Å². The molecule has 1 aromatic carbocycles. The van der Waals surface area contributed by atoms with Crippen LogP contribution in [0.5, 0.6) is 5.75 Å². The first kappa shape index (κ1) is 9.50. The van der Waals surface area contributed by atoms with Crippen LogP contribution < -0.4 is 10.5 Å². The summed E-state index contributed by atoms with van der Waals surface area (Å²) in [5.41, 5.74) is 9.33. The lowest BCUT2D eigenvalue weighted by molar-refractivity contribution is 0.445. The maximum atomic E-state index is 5.51. The van der Waals surface area contributed by atoms with Crippen molar-refractivity contribution in [2.24, 2.45) is 10.7 Å². The van der Waals surface area contributed by atoms with Gasteiger partial charge in [-0.2, -0.15) is 0 Å². The summed E-state index contributed by atoms with van der Waals surface area (Å²) < 4.78 is 5.51. The molecule has 0 radical (unpaired) electrons. The van der Waals surface area contributed by atoms with Crippen molar-refractivity contribution in [2.75, 3.05) is 0 Å². The zero-order chi connectivity index (χ0) is 10.5. The van der Waals surface area contributed by atoms with Gasteiger partial charge in [-0.25, -0.2) is 4.99 Å². The van der Waals surface area contributed by atoms with E-state index in [2.05, 4.69) is 16.6 Å². The Kier molecular flexibility index (Phi) is 2.82. The second-order valence-corrected chi connectivity index (χ2v) is 3.00. The highest BCUT2D eigenvalue weighted by Crippen LogP contribution is 2.15. The number of benzene rings is 1. The first-order valence-corrected chi connectivity index (χ1v) is 4.60. The lowest BCUT2D eigenvalue weighted by atomic mass is 10.2. The summed E-state index contributed by atoms with van der Waals surface area (Å²) in [6.07, 6.45) is 3.34. The highest BCUT2D eigenvalue weighted by molar-refractivity contribution is 5.55. The van der Waals surface area contributed by atoms with Crippen LogP contribution in [0.25, 0.3) is 0 Å². The van der Waals surface area contributed by atoms with Crippen molar-refractivity contribution >= 4 is 5.87 Å². The van der Waals surface area contributed by atoms with E-state index in [4.69, 9.17) is 10.5 Å². The molecule has 0 fully saturated rings. The number of nitrogens with zero attached hydrogens (tertiary/aromatic N) is 1. The molecule has 0 saturated heterocycles. The maximum Gasteiger partial charge on any atom is 0.180 e. The summed E-state index contributed by atoms with van der Waals surface area (Å²) in [5, 5.41) is 0. The standard InChI is InChI=1S/C12H10N2O/c13-9-10-1-3-11(4-2-10)15-12-5-7-14-8-6-12/h1-5,7H,9,13H2. The molecule has 1 aliphatic heterocycles. The monoisotopic (exact) mass is 198 g/mol. The molecular formula is C12H10N2O. The predicted molar refractivity (Wildman–Crippen MR) is 58.6 cm³/mol. The molecule has 74 valence electrons.